The molecule has 4 aromatic rings. The number of furan rings is 1. The van der Waals surface area contributed by atoms with E-state index in [-0.39, 0.29) is 11.4 Å². The zero-order valence-corrected chi connectivity index (χ0v) is 15.7. The summed E-state index contributed by atoms with van der Waals surface area (Å²) in [6.07, 6.45) is 0. The first kappa shape index (κ1) is 18.7. The Morgan fingerprint density at radius 2 is 1.62 bits per heavy atom. The number of amides is 2. The minimum atomic E-state index is -0.575. The van der Waals surface area contributed by atoms with Crippen LogP contribution in [0.5, 0.6) is 0 Å². The van der Waals surface area contributed by atoms with Gasteiger partial charge in [-0.25, -0.2) is 4.39 Å². The van der Waals surface area contributed by atoms with Crippen LogP contribution in [0.1, 0.15) is 20.9 Å². The Kier molecular flexibility index (Phi) is 5.01. The van der Waals surface area contributed by atoms with Gasteiger partial charge >= 0.3 is 0 Å². The van der Waals surface area contributed by atoms with Gasteiger partial charge in [0.05, 0.1) is 0 Å². The molecule has 0 aliphatic heterocycles. The summed E-state index contributed by atoms with van der Waals surface area (Å²) >= 11 is 5.96. The number of anilines is 2. The summed E-state index contributed by atoms with van der Waals surface area (Å²) in [7, 11) is 0. The van der Waals surface area contributed by atoms with Crippen LogP contribution < -0.4 is 10.6 Å². The zero-order valence-electron chi connectivity index (χ0n) is 14.9. The van der Waals surface area contributed by atoms with Crippen molar-refractivity contribution in [1.29, 1.82) is 0 Å². The molecule has 144 valence electrons. The van der Waals surface area contributed by atoms with E-state index in [0.717, 1.165) is 0 Å². The van der Waals surface area contributed by atoms with Crippen LogP contribution in [0.15, 0.2) is 77.2 Å². The molecule has 0 unspecified atom stereocenters. The molecule has 1 heterocycles. The summed E-state index contributed by atoms with van der Waals surface area (Å²) in [6.45, 7) is 0. The number of hydrogen-bond acceptors (Lipinski definition) is 3. The Labute approximate surface area is 170 Å². The van der Waals surface area contributed by atoms with E-state index in [2.05, 4.69) is 10.6 Å². The van der Waals surface area contributed by atoms with E-state index < -0.39 is 17.6 Å². The number of nitrogens with one attached hydrogen (secondary N) is 2. The minimum absolute atomic E-state index is 0.0640. The summed E-state index contributed by atoms with van der Waals surface area (Å²) in [5.41, 5.74) is 1.42. The van der Waals surface area contributed by atoms with Crippen molar-refractivity contribution in [3.8, 4) is 0 Å². The predicted molar refractivity (Wildman–Crippen MR) is 110 cm³/mol. The molecular formula is C22H14ClFN2O3. The lowest BCUT2D eigenvalue weighted by molar-refractivity contribution is 0.0999. The van der Waals surface area contributed by atoms with Crippen molar-refractivity contribution in [2.24, 2.45) is 0 Å². The molecule has 0 atom stereocenters. The molecule has 0 aliphatic carbocycles. The fourth-order valence-electron chi connectivity index (χ4n) is 2.87. The number of benzene rings is 3. The Morgan fingerprint density at radius 1 is 0.862 bits per heavy atom. The normalized spacial score (nSPS) is 10.7. The maximum absolute atomic E-state index is 13.1. The lowest BCUT2D eigenvalue weighted by Gasteiger charge is -2.08. The quantitative estimate of drug-likeness (QED) is 0.453. The van der Waals surface area contributed by atoms with Crippen LogP contribution in [0.2, 0.25) is 5.02 Å². The van der Waals surface area contributed by atoms with Gasteiger partial charge in [-0.2, -0.15) is 0 Å². The molecule has 0 saturated carbocycles. The Bertz CT molecular complexity index is 1220. The third kappa shape index (κ3) is 3.97. The second-order valence-corrected chi connectivity index (χ2v) is 6.66. The molecule has 0 bridgehead atoms. The maximum Gasteiger partial charge on any atom is 0.293 e. The predicted octanol–water partition coefficient (Wildman–Crippen LogP) is 5.73. The minimum Gasteiger partial charge on any atom is -0.449 e. The Morgan fingerprint density at radius 3 is 2.38 bits per heavy atom. The van der Waals surface area contributed by atoms with E-state index in [1.807, 2.05) is 0 Å². The highest BCUT2D eigenvalue weighted by molar-refractivity contribution is 6.31. The average Bonchev–Trinajstić information content (AvgIpc) is 3.08. The lowest BCUT2D eigenvalue weighted by atomic mass is 10.1. The molecule has 0 fully saturated rings. The topological polar surface area (TPSA) is 71.3 Å². The Balaban J connectivity index is 1.69. The van der Waals surface area contributed by atoms with Crippen LogP contribution in [0, 0.1) is 5.82 Å². The summed E-state index contributed by atoms with van der Waals surface area (Å²) in [4.78, 5) is 25.5. The molecule has 5 nitrogen and oxygen atoms in total. The van der Waals surface area contributed by atoms with Crippen LogP contribution in [-0.4, -0.2) is 11.8 Å². The number of rotatable bonds is 4. The zero-order chi connectivity index (χ0) is 20.4. The molecule has 0 radical (unpaired) electrons. The van der Waals surface area contributed by atoms with E-state index >= 15 is 0 Å². The van der Waals surface area contributed by atoms with Crippen LogP contribution in [0.4, 0.5) is 15.8 Å². The molecule has 3 aromatic carbocycles. The number of halogens is 2. The standard InChI is InChI=1S/C22H14ClFN2O3/c23-14-5-3-4-13(12-14)21(27)26-19-17-6-1-2-7-18(17)29-20(19)22(28)25-16-10-8-15(24)9-11-16/h1-12H,(H,25,28)(H,26,27). The van der Waals surface area contributed by atoms with Gasteiger partial charge in [0.25, 0.3) is 11.8 Å². The summed E-state index contributed by atoms with van der Waals surface area (Å²) in [5, 5.41) is 6.37. The smallest absolute Gasteiger partial charge is 0.293 e. The average molecular weight is 409 g/mol. The van der Waals surface area contributed by atoms with Crippen molar-refractivity contribution < 1.29 is 18.4 Å². The van der Waals surface area contributed by atoms with E-state index in [4.69, 9.17) is 16.0 Å². The van der Waals surface area contributed by atoms with Gasteiger partial charge in [-0.15, -0.1) is 0 Å². The second kappa shape index (κ2) is 7.77. The summed E-state index contributed by atoms with van der Waals surface area (Å²) in [5.74, 6) is -1.49. The first-order valence-electron chi connectivity index (χ1n) is 8.66. The van der Waals surface area contributed by atoms with Gasteiger partial charge in [0.1, 0.15) is 17.1 Å². The highest BCUT2D eigenvalue weighted by Gasteiger charge is 2.23. The van der Waals surface area contributed by atoms with Gasteiger partial charge in [0.2, 0.25) is 5.76 Å². The molecule has 1 aromatic heterocycles. The van der Waals surface area contributed by atoms with Crippen molar-refractivity contribution in [1.82, 2.24) is 0 Å². The number of carbonyl (C=O) groups is 2. The third-order valence-corrected chi connectivity index (χ3v) is 4.46. The van der Waals surface area contributed by atoms with E-state index in [1.54, 1.807) is 42.5 Å². The number of carbonyl (C=O) groups excluding carboxylic acids is 2. The van der Waals surface area contributed by atoms with Crippen LogP contribution in [-0.2, 0) is 0 Å². The first-order chi connectivity index (χ1) is 14.0. The fraction of sp³-hybridized carbons (Fsp3) is 0. The molecule has 2 amide bonds. The van der Waals surface area contributed by atoms with E-state index in [0.29, 0.717) is 27.2 Å². The monoisotopic (exact) mass is 408 g/mol. The van der Waals surface area contributed by atoms with Gasteiger partial charge < -0.3 is 15.1 Å². The highest BCUT2D eigenvalue weighted by Crippen LogP contribution is 2.32. The highest BCUT2D eigenvalue weighted by atomic mass is 35.5. The van der Waals surface area contributed by atoms with Crippen molar-refractivity contribution in [2.75, 3.05) is 10.6 Å². The van der Waals surface area contributed by atoms with Gasteiger partial charge in [0, 0.05) is 21.7 Å². The first-order valence-corrected chi connectivity index (χ1v) is 9.04. The summed E-state index contributed by atoms with van der Waals surface area (Å²) < 4.78 is 18.8. The fourth-order valence-corrected chi connectivity index (χ4v) is 3.06. The third-order valence-electron chi connectivity index (χ3n) is 4.23. The number of para-hydroxylation sites is 1. The van der Waals surface area contributed by atoms with Gasteiger partial charge in [-0.05, 0) is 54.6 Å². The molecule has 7 heteroatoms. The van der Waals surface area contributed by atoms with Crippen molar-refractivity contribution in [2.45, 2.75) is 0 Å². The van der Waals surface area contributed by atoms with E-state index in [1.165, 1.54) is 30.3 Å². The van der Waals surface area contributed by atoms with Gasteiger partial charge in [0.15, 0.2) is 0 Å². The number of hydrogen-bond donors (Lipinski definition) is 2. The van der Waals surface area contributed by atoms with Crippen molar-refractivity contribution in [3.63, 3.8) is 0 Å². The van der Waals surface area contributed by atoms with Crippen LogP contribution in [0.3, 0.4) is 0 Å². The molecular weight excluding hydrogens is 395 g/mol. The van der Waals surface area contributed by atoms with Crippen molar-refractivity contribution >= 4 is 45.8 Å². The molecule has 4 rings (SSSR count). The van der Waals surface area contributed by atoms with Crippen LogP contribution >= 0.6 is 11.6 Å². The molecule has 0 saturated heterocycles. The van der Waals surface area contributed by atoms with Crippen molar-refractivity contribution in [3.05, 3.63) is 95.0 Å². The maximum atomic E-state index is 13.1. The summed E-state index contributed by atoms with van der Waals surface area (Å²) in [6, 6.07) is 18.7. The number of fused-ring (bicyclic) bond motifs is 1. The van der Waals surface area contributed by atoms with E-state index in [9.17, 15) is 14.0 Å². The lowest BCUT2D eigenvalue weighted by Crippen LogP contribution is -2.17. The molecule has 0 spiro atoms. The van der Waals surface area contributed by atoms with Gasteiger partial charge in [-0.3, -0.25) is 9.59 Å². The Hall–Kier alpha value is -3.64. The molecule has 2 N–H and O–H groups in total. The SMILES string of the molecule is O=C(Nc1c(C(=O)Nc2ccc(F)cc2)oc2ccccc12)c1cccc(Cl)c1. The molecule has 29 heavy (non-hydrogen) atoms. The van der Waals surface area contributed by atoms with Gasteiger partial charge in [-0.1, -0.05) is 29.8 Å². The second-order valence-electron chi connectivity index (χ2n) is 6.23. The largest absolute Gasteiger partial charge is 0.449 e. The molecule has 0 aliphatic rings. The van der Waals surface area contributed by atoms with Crippen LogP contribution in [0.25, 0.3) is 11.0 Å².